The van der Waals surface area contributed by atoms with Crippen molar-refractivity contribution < 1.29 is 14.1 Å². The Kier molecular flexibility index (Phi) is 4.34. The van der Waals surface area contributed by atoms with Crippen molar-refractivity contribution in [3.05, 3.63) is 41.8 Å². The van der Waals surface area contributed by atoms with E-state index in [1.807, 2.05) is 32.0 Å². The molecule has 6 nitrogen and oxygen atoms in total. The van der Waals surface area contributed by atoms with Gasteiger partial charge in [-0.25, -0.2) is 0 Å². The molecule has 4 rings (SSSR count). The zero-order chi connectivity index (χ0) is 18.3. The zero-order valence-corrected chi connectivity index (χ0v) is 15.4. The Hall–Kier alpha value is -2.50. The van der Waals surface area contributed by atoms with Gasteiger partial charge in [0.05, 0.1) is 18.3 Å². The molecule has 2 heterocycles. The van der Waals surface area contributed by atoms with Crippen LogP contribution in [-0.2, 0) is 4.79 Å². The number of hydrogen-bond donors (Lipinski definition) is 1. The van der Waals surface area contributed by atoms with Crippen molar-refractivity contribution in [1.29, 1.82) is 0 Å². The molecule has 1 aliphatic carbocycles. The van der Waals surface area contributed by atoms with Crippen molar-refractivity contribution in [3.8, 4) is 5.75 Å². The van der Waals surface area contributed by atoms with E-state index in [9.17, 15) is 4.79 Å². The summed E-state index contributed by atoms with van der Waals surface area (Å²) in [6.45, 7) is 8.20. The fourth-order valence-electron chi connectivity index (χ4n) is 4.14. The first kappa shape index (κ1) is 16.9. The fourth-order valence-corrected chi connectivity index (χ4v) is 4.14. The second-order valence-corrected chi connectivity index (χ2v) is 7.26. The second-order valence-electron chi connectivity index (χ2n) is 7.26. The van der Waals surface area contributed by atoms with Gasteiger partial charge in [-0.3, -0.25) is 4.79 Å². The third kappa shape index (κ3) is 3.16. The summed E-state index contributed by atoms with van der Waals surface area (Å²) in [5, 5.41) is 7.09. The molecule has 2 aliphatic rings. The third-order valence-corrected chi connectivity index (χ3v) is 5.44. The number of hydrogen-bond acceptors (Lipinski definition) is 5. The number of ether oxygens (including phenoxy) is 1. The maximum absolute atomic E-state index is 11.2. The fraction of sp³-hybridized carbons (Fsp3) is 0.500. The molecule has 4 atom stereocenters. The maximum Gasteiger partial charge on any atom is 0.217 e. The van der Waals surface area contributed by atoms with E-state index in [0.29, 0.717) is 24.4 Å². The van der Waals surface area contributed by atoms with Crippen LogP contribution in [0.25, 0.3) is 0 Å². The summed E-state index contributed by atoms with van der Waals surface area (Å²) in [6, 6.07) is 10.2. The molecule has 2 aromatic rings. The van der Waals surface area contributed by atoms with Crippen molar-refractivity contribution >= 4 is 11.6 Å². The number of aromatic nitrogens is 1. The van der Waals surface area contributed by atoms with Crippen LogP contribution in [0.1, 0.15) is 44.2 Å². The Morgan fingerprint density at radius 2 is 2.04 bits per heavy atom. The van der Waals surface area contributed by atoms with Gasteiger partial charge in [-0.15, -0.1) is 0 Å². The van der Waals surface area contributed by atoms with E-state index in [-0.39, 0.29) is 11.9 Å². The summed E-state index contributed by atoms with van der Waals surface area (Å²) in [4.78, 5) is 13.6. The Labute approximate surface area is 153 Å². The quantitative estimate of drug-likeness (QED) is 0.862. The minimum Gasteiger partial charge on any atom is -0.494 e. The molecule has 1 saturated heterocycles. The van der Waals surface area contributed by atoms with Crippen LogP contribution in [0.3, 0.4) is 0 Å². The highest BCUT2D eigenvalue weighted by Gasteiger charge is 2.57. The van der Waals surface area contributed by atoms with Gasteiger partial charge in [0.15, 0.2) is 5.76 Å². The summed E-state index contributed by atoms with van der Waals surface area (Å²) >= 11 is 0. The van der Waals surface area contributed by atoms with Crippen molar-refractivity contribution in [2.24, 2.45) is 11.8 Å². The largest absolute Gasteiger partial charge is 0.494 e. The number of carbonyl (C=O) groups excluding carboxylic acids is 1. The average Bonchev–Trinajstić information content (AvgIpc) is 3.01. The molecule has 0 spiro atoms. The van der Waals surface area contributed by atoms with Crippen LogP contribution in [-0.4, -0.2) is 30.8 Å². The zero-order valence-electron chi connectivity index (χ0n) is 15.4. The minimum absolute atomic E-state index is 0.0651. The van der Waals surface area contributed by atoms with Crippen LogP contribution >= 0.6 is 0 Å². The van der Waals surface area contributed by atoms with Crippen molar-refractivity contribution in [3.63, 3.8) is 0 Å². The molecule has 6 heteroatoms. The number of nitrogens with one attached hydrogen (secondary N) is 1. The number of anilines is 1. The number of benzene rings is 1. The molecule has 138 valence electrons. The predicted octanol–water partition coefficient (Wildman–Crippen LogP) is 3.12. The SMILES string of the molecule is CCOc1ccc(N2C[C@@H]3C(c4cc([C@H](C)NC(C)=O)on4)[C@@H]3C2)cc1. The topological polar surface area (TPSA) is 67.6 Å². The standard InChI is InChI=1S/C20H25N3O3/c1-4-25-15-7-5-14(6-8-15)23-10-16-17(11-23)20(16)18-9-19(26-22-18)12(2)21-13(3)24/h5-9,12,16-17,20H,4,10-11H2,1-3H3,(H,21,24)/t12-,16-,17+,20?/m0/s1. The first-order valence-electron chi connectivity index (χ1n) is 9.28. The van der Waals surface area contributed by atoms with Crippen LogP contribution in [0.2, 0.25) is 0 Å². The smallest absolute Gasteiger partial charge is 0.217 e. The van der Waals surface area contributed by atoms with Crippen LogP contribution in [0.15, 0.2) is 34.9 Å². The first-order chi connectivity index (χ1) is 12.6. The molecule has 1 unspecified atom stereocenters. The van der Waals surface area contributed by atoms with Crippen LogP contribution in [0.5, 0.6) is 5.75 Å². The van der Waals surface area contributed by atoms with E-state index in [1.165, 1.54) is 12.6 Å². The average molecular weight is 355 g/mol. The van der Waals surface area contributed by atoms with Crippen LogP contribution < -0.4 is 15.0 Å². The lowest BCUT2D eigenvalue weighted by atomic mass is 10.1. The normalized spacial score (nSPS) is 24.9. The molecule has 26 heavy (non-hydrogen) atoms. The number of rotatable bonds is 6. The number of nitrogens with zero attached hydrogens (tertiary/aromatic N) is 2. The van der Waals surface area contributed by atoms with Crippen LogP contribution in [0.4, 0.5) is 5.69 Å². The molecule has 1 aromatic carbocycles. The third-order valence-electron chi connectivity index (χ3n) is 5.44. The van der Waals surface area contributed by atoms with Crippen LogP contribution in [0, 0.1) is 11.8 Å². The summed E-state index contributed by atoms with van der Waals surface area (Å²) < 4.78 is 11.0. The Morgan fingerprint density at radius 3 is 2.65 bits per heavy atom. The molecule has 1 aliphatic heterocycles. The monoisotopic (exact) mass is 355 g/mol. The van der Waals surface area contributed by atoms with Crippen molar-refractivity contribution in [2.45, 2.75) is 32.7 Å². The van der Waals surface area contributed by atoms with E-state index in [2.05, 4.69) is 27.5 Å². The minimum atomic E-state index is -0.146. The van der Waals surface area contributed by atoms with E-state index in [4.69, 9.17) is 9.26 Å². The first-order valence-corrected chi connectivity index (χ1v) is 9.28. The van der Waals surface area contributed by atoms with Gasteiger partial charge in [0.2, 0.25) is 5.91 Å². The Morgan fingerprint density at radius 1 is 1.35 bits per heavy atom. The molecule has 1 N–H and O–H groups in total. The summed E-state index contributed by atoms with van der Waals surface area (Å²) in [6.07, 6.45) is 0. The Balaban J connectivity index is 1.36. The lowest BCUT2D eigenvalue weighted by molar-refractivity contribution is -0.119. The van der Waals surface area contributed by atoms with Gasteiger partial charge in [0, 0.05) is 37.7 Å². The van der Waals surface area contributed by atoms with E-state index in [1.54, 1.807) is 0 Å². The molecule has 0 bridgehead atoms. The lowest BCUT2D eigenvalue weighted by Gasteiger charge is -2.21. The number of carbonyl (C=O) groups is 1. The van der Waals surface area contributed by atoms with Gasteiger partial charge in [-0.2, -0.15) is 0 Å². The molecule has 2 fully saturated rings. The van der Waals surface area contributed by atoms with Crippen molar-refractivity contribution in [2.75, 3.05) is 24.6 Å². The molecule has 0 radical (unpaired) electrons. The van der Waals surface area contributed by atoms with Gasteiger partial charge in [-0.1, -0.05) is 5.16 Å². The Bertz CT molecular complexity index is 774. The second kappa shape index (κ2) is 6.67. The molecular formula is C20H25N3O3. The number of piperidine rings is 1. The summed E-state index contributed by atoms with van der Waals surface area (Å²) in [7, 11) is 0. The molecule has 1 saturated carbocycles. The highest BCUT2D eigenvalue weighted by molar-refractivity contribution is 5.73. The van der Waals surface area contributed by atoms with E-state index < -0.39 is 0 Å². The highest BCUT2D eigenvalue weighted by Crippen LogP contribution is 2.58. The molecular weight excluding hydrogens is 330 g/mol. The lowest BCUT2D eigenvalue weighted by Crippen LogP contribution is -2.23. The van der Waals surface area contributed by atoms with Gasteiger partial charge in [-0.05, 0) is 49.9 Å². The summed E-state index contributed by atoms with van der Waals surface area (Å²) in [5.74, 6) is 3.33. The predicted molar refractivity (Wildman–Crippen MR) is 98.3 cm³/mol. The molecule has 1 amide bonds. The van der Waals surface area contributed by atoms with E-state index in [0.717, 1.165) is 30.3 Å². The van der Waals surface area contributed by atoms with Gasteiger partial charge in [0.25, 0.3) is 0 Å². The van der Waals surface area contributed by atoms with Gasteiger partial charge in [0.1, 0.15) is 5.75 Å². The molecule has 1 aromatic heterocycles. The van der Waals surface area contributed by atoms with Gasteiger partial charge < -0.3 is 19.5 Å². The maximum atomic E-state index is 11.2. The summed E-state index contributed by atoms with van der Waals surface area (Å²) in [5.41, 5.74) is 2.28. The number of amides is 1. The highest BCUT2D eigenvalue weighted by atomic mass is 16.5. The van der Waals surface area contributed by atoms with Crippen molar-refractivity contribution in [1.82, 2.24) is 10.5 Å². The number of fused-ring (bicyclic) bond motifs is 1. The van der Waals surface area contributed by atoms with E-state index >= 15 is 0 Å². The van der Waals surface area contributed by atoms with Gasteiger partial charge >= 0.3 is 0 Å².